The summed E-state index contributed by atoms with van der Waals surface area (Å²) in [5.74, 6) is 0.625. The van der Waals surface area contributed by atoms with Gasteiger partial charge in [-0.15, -0.1) is 11.3 Å². The largest absolute Gasteiger partial charge is 0.490 e. The molecule has 29 heavy (non-hydrogen) atoms. The number of aromatic nitrogens is 1. The molecule has 2 atom stereocenters. The first-order valence-corrected chi connectivity index (χ1v) is 10.8. The Balaban J connectivity index is 1.68. The Bertz CT molecular complexity index is 969. The van der Waals surface area contributed by atoms with Crippen molar-refractivity contribution >= 4 is 46.0 Å². The summed E-state index contributed by atoms with van der Waals surface area (Å²) in [6.07, 6.45) is 1.80. The average molecular weight is 446 g/mol. The maximum Gasteiger partial charge on any atom is 0.174 e. The van der Waals surface area contributed by atoms with Crippen LogP contribution < -0.4 is 15.0 Å². The van der Waals surface area contributed by atoms with Crippen molar-refractivity contribution < 1.29 is 9.47 Å². The van der Waals surface area contributed by atoms with E-state index in [2.05, 4.69) is 32.7 Å². The number of hydrogen-bond acceptors (Lipinski definition) is 5. The third-order valence-electron chi connectivity index (χ3n) is 4.67. The van der Waals surface area contributed by atoms with Gasteiger partial charge >= 0.3 is 0 Å². The third-order valence-corrected chi connectivity index (χ3v) is 6.22. The van der Waals surface area contributed by atoms with Crippen LogP contribution in [0.5, 0.6) is 5.75 Å². The Morgan fingerprint density at radius 1 is 1.21 bits per heavy atom. The van der Waals surface area contributed by atoms with Gasteiger partial charge in [-0.3, -0.25) is 4.98 Å². The van der Waals surface area contributed by atoms with Crippen LogP contribution in [0.25, 0.3) is 0 Å². The van der Waals surface area contributed by atoms with Crippen LogP contribution in [-0.4, -0.2) is 30.4 Å². The van der Waals surface area contributed by atoms with Gasteiger partial charge in [0.2, 0.25) is 0 Å². The maximum atomic E-state index is 6.49. The molecular weight excluding hydrogens is 426 g/mol. The number of methoxy groups -OCH3 is 1. The van der Waals surface area contributed by atoms with E-state index in [0.717, 1.165) is 11.4 Å². The Kier molecular flexibility index (Phi) is 6.30. The Morgan fingerprint density at radius 3 is 2.79 bits per heavy atom. The Hall–Kier alpha value is -2.19. The molecule has 3 aromatic rings. The Morgan fingerprint density at radius 2 is 2.10 bits per heavy atom. The number of rotatable bonds is 7. The lowest BCUT2D eigenvalue weighted by atomic mass is 10.0. The van der Waals surface area contributed by atoms with Crippen LogP contribution in [0.2, 0.25) is 5.02 Å². The number of hydrogen-bond donors (Lipinski definition) is 1. The highest BCUT2D eigenvalue weighted by Gasteiger charge is 2.41. The van der Waals surface area contributed by atoms with E-state index in [0.29, 0.717) is 29.1 Å². The van der Waals surface area contributed by atoms with Crippen LogP contribution in [0, 0.1) is 0 Å². The van der Waals surface area contributed by atoms with Crippen molar-refractivity contribution in [3.05, 3.63) is 75.7 Å². The van der Waals surface area contributed by atoms with Gasteiger partial charge in [0, 0.05) is 23.9 Å². The zero-order valence-corrected chi connectivity index (χ0v) is 18.1. The quantitative estimate of drug-likeness (QED) is 0.408. The SMILES string of the molecule is COCCOc1ccc(N2C(=S)N[C@H](c3ccccn3)[C@@H]2c2cccs2)cc1Cl. The number of nitrogens with zero attached hydrogens (tertiary/aromatic N) is 2. The van der Waals surface area contributed by atoms with Gasteiger partial charge in [-0.05, 0) is 54.0 Å². The van der Waals surface area contributed by atoms with Crippen molar-refractivity contribution in [3.63, 3.8) is 0 Å². The minimum absolute atomic E-state index is 0.0197. The molecule has 3 heterocycles. The van der Waals surface area contributed by atoms with Gasteiger partial charge in [0.1, 0.15) is 12.4 Å². The molecule has 2 aromatic heterocycles. The van der Waals surface area contributed by atoms with Crippen LogP contribution in [0.3, 0.4) is 0 Å². The van der Waals surface area contributed by atoms with Gasteiger partial charge in [0.05, 0.1) is 29.4 Å². The summed E-state index contributed by atoms with van der Waals surface area (Å²) in [4.78, 5) is 7.86. The number of thiocarbonyl (C=S) groups is 1. The number of thiophene rings is 1. The van der Waals surface area contributed by atoms with Crippen LogP contribution >= 0.6 is 35.2 Å². The molecule has 0 saturated carbocycles. The molecule has 1 N–H and O–H groups in total. The van der Waals surface area contributed by atoms with E-state index < -0.39 is 0 Å². The Labute approximate surface area is 184 Å². The van der Waals surface area contributed by atoms with Gasteiger partial charge in [-0.2, -0.15) is 0 Å². The molecule has 150 valence electrons. The lowest BCUT2D eigenvalue weighted by molar-refractivity contribution is 0.146. The first-order chi connectivity index (χ1) is 14.2. The highest BCUT2D eigenvalue weighted by Crippen LogP contribution is 2.44. The second kappa shape index (κ2) is 9.09. The van der Waals surface area contributed by atoms with E-state index in [1.807, 2.05) is 36.4 Å². The molecule has 0 radical (unpaired) electrons. The summed E-state index contributed by atoms with van der Waals surface area (Å²) in [6.45, 7) is 0.948. The average Bonchev–Trinajstić information content (AvgIpc) is 3.37. The smallest absolute Gasteiger partial charge is 0.174 e. The number of halogens is 1. The summed E-state index contributed by atoms with van der Waals surface area (Å²) < 4.78 is 10.7. The first-order valence-electron chi connectivity index (χ1n) is 9.14. The molecule has 1 fully saturated rings. The summed E-state index contributed by atoms with van der Waals surface area (Å²) in [7, 11) is 1.64. The number of nitrogens with one attached hydrogen (secondary N) is 1. The molecule has 1 aliphatic heterocycles. The maximum absolute atomic E-state index is 6.49. The molecule has 0 amide bonds. The van der Waals surface area contributed by atoms with E-state index in [1.54, 1.807) is 24.6 Å². The topological polar surface area (TPSA) is 46.6 Å². The van der Waals surface area contributed by atoms with Crippen molar-refractivity contribution in [1.82, 2.24) is 10.3 Å². The number of anilines is 1. The summed E-state index contributed by atoms with van der Waals surface area (Å²) in [6, 6.07) is 15.8. The monoisotopic (exact) mass is 445 g/mol. The fraction of sp³-hybridized carbons (Fsp3) is 0.238. The number of ether oxygens (including phenoxy) is 2. The van der Waals surface area contributed by atoms with Gasteiger partial charge < -0.3 is 19.7 Å². The highest BCUT2D eigenvalue weighted by atomic mass is 35.5. The highest BCUT2D eigenvalue weighted by molar-refractivity contribution is 7.80. The van der Waals surface area contributed by atoms with E-state index in [9.17, 15) is 0 Å². The van der Waals surface area contributed by atoms with Crippen LogP contribution in [-0.2, 0) is 4.74 Å². The molecule has 8 heteroatoms. The van der Waals surface area contributed by atoms with Crippen molar-refractivity contribution in [2.45, 2.75) is 12.1 Å². The van der Waals surface area contributed by atoms with Gasteiger partial charge in [0.25, 0.3) is 0 Å². The lowest BCUT2D eigenvalue weighted by Crippen LogP contribution is -2.29. The zero-order chi connectivity index (χ0) is 20.2. The van der Waals surface area contributed by atoms with E-state index in [-0.39, 0.29) is 12.1 Å². The molecule has 0 bridgehead atoms. The second-order valence-electron chi connectivity index (χ2n) is 6.47. The predicted molar refractivity (Wildman–Crippen MR) is 121 cm³/mol. The van der Waals surface area contributed by atoms with Crippen molar-refractivity contribution in [1.29, 1.82) is 0 Å². The molecular formula is C21H20ClN3O2S2. The normalized spacial score (nSPS) is 18.7. The minimum Gasteiger partial charge on any atom is -0.490 e. The molecule has 1 saturated heterocycles. The molecule has 4 rings (SSSR count). The predicted octanol–water partition coefficient (Wildman–Crippen LogP) is 5.00. The van der Waals surface area contributed by atoms with Crippen LogP contribution in [0.1, 0.15) is 22.7 Å². The number of pyridine rings is 1. The van der Waals surface area contributed by atoms with Crippen molar-refractivity contribution in [3.8, 4) is 5.75 Å². The molecule has 0 aliphatic carbocycles. The van der Waals surface area contributed by atoms with Gasteiger partial charge in [-0.1, -0.05) is 23.7 Å². The summed E-state index contributed by atoms with van der Waals surface area (Å²) >= 11 is 13.9. The standard InChI is InChI=1S/C21H20ClN3O2S2/c1-26-10-11-27-17-8-7-14(13-15(17)22)25-20(18-6-4-12-29-18)19(24-21(25)28)16-5-2-3-9-23-16/h2-9,12-13,19-20H,10-11H2,1H3,(H,24,28)/t19-,20+/m1/s1. The lowest BCUT2D eigenvalue weighted by Gasteiger charge is -2.27. The second-order valence-corrected chi connectivity index (χ2v) is 8.24. The van der Waals surface area contributed by atoms with Gasteiger partial charge in [-0.25, -0.2) is 0 Å². The fourth-order valence-corrected chi connectivity index (χ4v) is 4.80. The zero-order valence-electron chi connectivity index (χ0n) is 15.7. The molecule has 1 aliphatic rings. The molecule has 5 nitrogen and oxygen atoms in total. The third kappa shape index (κ3) is 4.23. The molecule has 0 unspecified atom stereocenters. The van der Waals surface area contributed by atoms with Crippen molar-refractivity contribution in [2.24, 2.45) is 0 Å². The first kappa shape index (κ1) is 20.1. The van der Waals surface area contributed by atoms with E-state index >= 15 is 0 Å². The summed E-state index contributed by atoms with van der Waals surface area (Å²) in [5.41, 5.74) is 1.85. The summed E-state index contributed by atoms with van der Waals surface area (Å²) in [5, 5.41) is 6.69. The minimum atomic E-state index is -0.0567. The van der Waals surface area contributed by atoms with Crippen LogP contribution in [0.15, 0.2) is 60.1 Å². The molecule has 1 aromatic carbocycles. The van der Waals surface area contributed by atoms with E-state index in [4.69, 9.17) is 33.3 Å². The number of benzene rings is 1. The fourth-order valence-electron chi connectivity index (χ4n) is 3.37. The van der Waals surface area contributed by atoms with Crippen molar-refractivity contribution in [2.75, 3.05) is 25.2 Å². The van der Waals surface area contributed by atoms with Gasteiger partial charge in [0.15, 0.2) is 5.11 Å². The van der Waals surface area contributed by atoms with E-state index in [1.165, 1.54) is 4.88 Å². The van der Waals surface area contributed by atoms with Crippen LogP contribution in [0.4, 0.5) is 5.69 Å². The molecule has 0 spiro atoms.